The van der Waals surface area contributed by atoms with E-state index in [9.17, 15) is 4.79 Å². The Kier molecular flexibility index (Phi) is 2.65. The van der Waals surface area contributed by atoms with Crippen molar-refractivity contribution in [2.24, 2.45) is 7.05 Å². The number of hydrogen-bond donors (Lipinski definition) is 0. The Hall–Kier alpha value is -1.09. The third-order valence-electron chi connectivity index (χ3n) is 1.61. The van der Waals surface area contributed by atoms with Crippen LogP contribution in [-0.2, 0) is 7.05 Å². The first-order chi connectivity index (χ1) is 5.59. The van der Waals surface area contributed by atoms with E-state index in [0.29, 0.717) is 6.54 Å². The lowest BCUT2D eigenvalue weighted by Gasteiger charge is -2.06. The maximum atomic E-state index is 11.4. The summed E-state index contributed by atoms with van der Waals surface area (Å²) in [6.07, 6.45) is 3.72. The summed E-state index contributed by atoms with van der Waals surface area (Å²) in [6.45, 7) is 0.476. The van der Waals surface area contributed by atoms with Crippen LogP contribution in [0.1, 0.15) is 10.4 Å². The first-order valence-electron chi connectivity index (χ1n) is 3.89. The molecule has 0 N–H and O–H groups in total. The number of aromatic nitrogens is 1. The lowest BCUT2D eigenvalue weighted by atomic mass is 10.2. The maximum Gasteiger partial charge on any atom is 0.178 e. The molecule has 66 valence electrons. The molecule has 0 aliphatic carbocycles. The molecule has 0 unspecified atom stereocenters. The normalized spacial score (nSPS) is 10.7. The van der Waals surface area contributed by atoms with Gasteiger partial charge in [-0.05, 0) is 20.2 Å². The maximum absolute atomic E-state index is 11.4. The van der Waals surface area contributed by atoms with Gasteiger partial charge in [0.25, 0.3) is 0 Å². The number of rotatable bonds is 3. The number of likely N-dealkylation sites (N-methyl/N-ethyl adjacent to an activating group) is 1. The molecule has 0 aromatic carbocycles. The first kappa shape index (κ1) is 9.00. The Morgan fingerprint density at radius 3 is 2.67 bits per heavy atom. The van der Waals surface area contributed by atoms with Crippen LogP contribution in [0.4, 0.5) is 0 Å². The molecule has 0 aliphatic rings. The first-order valence-corrected chi connectivity index (χ1v) is 3.89. The summed E-state index contributed by atoms with van der Waals surface area (Å²) in [5.74, 6) is 0.167. The van der Waals surface area contributed by atoms with Gasteiger partial charge < -0.3 is 9.47 Å². The molecule has 0 radical (unpaired) electrons. The smallest absolute Gasteiger partial charge is 0.178 e. The van der Waals surface area contributed by atoms with Crippen LogP contribution in [0.2, 0.25) is 0 Å². The molecule has 3 heteroatoms. The molecular weight excluding hydrogens is 152 g/mol. The largest absolute Gasteiger partial charge is 0.357 e. The Bertz CT molecular complexity index is 276. The van der Waals surface area contributed by atoms with Gasteiger partial charge in [-0.2, -0.15) is 0 Å². The van der Waals surface area contributed by atoms with Crippen LogP contribution in [0, 0.1) is 0 Å². The van der Waals surface area contributed by atoms with Gasteiger partial charge in [-0.1, -0.05) is 0 Å². The van der Waals surface area contributed by atoms with Crippen molar-refractivity contribution in [3.8, 4) is 0 Å². The van der Waals surface area contributed by atoms with E-state index in [0.717, 1.165) is 5.56 Å². The van der Waals surface area contributed by atoms with Crippen molar-refractivity contribution >= 4 is 5.78 Å². The Morgan fingerprint density at radius 1 is 1.58 bits per heavy atom. The van der Waals surface area contributed by atoms with Crippen LogP contribution >= 0.6 is 0 Å². The standard InChI is InChI=1S/C9H14N2O/c1-10(2)7-9(12)8-4-5-11(3)6-8/h4-6H,7H2,1-3H3. The Balaban J connectivity index is 2.65. The molecule has 1 aromatic rings. The summed E-state index contributed by atoms with van der Waals surface area (Å²) < 4.78 is 1.88. The number of carbonyl (C=O) groups excluding carboxylic acids is 1. The number of ketones is 1. The van der Waals surface area contributed by atoms with E-state index in [4.69, 9.17) is 0 Å². The number of nitrogens with zero attached hydrogens (tertiary/aromatic N) is 2. The zero-order chi connectivity index (χ0) is 9.14. The van der Waals surface area contributed by atoms with E-state index in [-0.39, 0.29) is 5.78 Å². The van der Waals surface area contributed by atoms with Crippen molar-refractivity contribution in [2.45, 2.75) is 0 Å². The van der Waals surface area contributed by atoms with Crippen molar-refractivity contribution in [1.82, 2.24) is 9.47 Å². The molecule has 0 aliphatic heterocycles. The van der Waals surface area contributed by atoms with E-state index in [1.165, 1.54) is 0 Å². The summed E-state index contributed by atoms with van der Waals surface area (Å²) in [5, 5.41) is 0. The van der Waals surface area contributed by atoms with Gasteiger partial charge in [0.2, 0.25) is 0 Å². The van der Waals surface area contributed by atoms with E-state index in [2.05, 4.69) is 0 Å². The highest BCUT2D eigenvalue weighted by atomic mass is 16.1. The minimum Gasteiger partial charge on any atom is -0.357 e. The van der Waals surface area contributed by atoms with Crippen LogP contribution in [0.3, 0.4) is 0 Å². The van der Waals surface area contributed by atoms with Crippen LogP contribution in [-0.4, -0.2) is 35.9 Å². The molecule has 0 bridgehead atoms. The second-order valence-corrected chi connectivity index (χ2v) is 3.23. The molecule has 0 fully saturated rings. The van der Waals surface area contributed by atoms with Gasteiger partial charge in [0, 0.05) is 25.0 Å². The van der Waals surface area contributed by atoms with Gasteiger partial charge in [0.05, 0.1) is 6.54 Å². The fourth-order valence-electron chi connectivity index (χ4n) is 1.05. The summed E-state index contributed by atoms with van der Waals surface area (Å²) in [6, 6.07) is 1.84. The van der Waals surface area contributed by atoms with E-state index >= 15 is 0 Å². The van der Waals surface area contributed by atoms with Crippen molar-refractivity contribution < 1.29 is 4.79 Å². The average molecular weight is 166 g/mol. The van der Waals surface area contributed by atoms with E-state index < -0.39 is 0 Å². The van der Waals surface area contributed by atoms with Crippen LogP contribution in [0.5, 0.6) is 0 Å². The minimum atomic E-state index is 0.167. The highest BCUT2D eigenvalue weighted by molar-refractivity contribution is 5.97. The lowest BCUT2D eigenvalue weighted by Crippen LogP contribution is -2.21. The number of Topliss-reactive ketones (excluding diaryl/α,β-unsaturated/α-hetero) is 1. The highest BCUT2D eigenvalue weighted by Crippen LogP contribution is 2.00. The van der Waals surface area contributed by atoms with Gasteiger partial charge in [-0.3, -0.25) is 4.79 Å². The molecule has 1 aromatic heterocycles. The monoisotopic (exact) mass is 166 g/mol. The molecular formula is C9H14N2O. The number of hydrogen-bond acceptors (Lipinski definition) is 2. The van der Waals surface area contributed by atoms with Gasteiger partial charge >= 0.3 is 0 Å². The molecule has 0 saturated heterocycles. The predicted octanol–water partition coefficient (Wildman–Crippen LogP) is 0.769. The van der Waals surface area contributed by atoms with Crippen molar-refractivity contribution in [3.63, 3.8) is 0 Å². The molecule has 3 nitrogen and oxygen atoms in total. The number of carbonyl (C=O) groups is 1. The Labute approximate surface area is 72.6 Å². The van der Waals surface area contributed by atoms with Crippen LogP contribution in [0.25, 0.3) is 0 Å². The summed E-state index contributed by atoms with van der Waals surface area (Å²) >= 11 is 0. The number of aryl methyl sites for hydroxylation is 1. The zero-order valence-corrected chi connectivity index (χ0v) is 7.74. The molecule has 0 atom stereocenters. The van der Waals surface area contributed by atoms with E-state index in [1.54, 1.807) is 0 Å². The molecule has 1 rings (SSSR count). The van der Waals surface area contributed by atoms with Gasteiger partial charge in [0.1, 0.15) is 0 Å². The topological polar surface area (TPSA) is 25.2 Å². The minimum absolute atomic E-state index is 0.167. The van der Waals surface area contributed by atoms with Crippen molar-refractivity contribution in [2.75, 3.05) is 20.6 Å². The van der Waals surface area contributed by atoms with Crippen LogP contribution in [0.15, 0.2) is 18.5 Å². The van der Waals surface area contributed by atoms with Gasteiger partial charge in [-0.25, -0.2) is 0 Å². The summed E-state index contributed by atoms with van der Waals surface area (Å²) in [7, 11) is 5.69. The fraction of sp³-hybridized carbons (Fsp3) is 0.444. The van der Waals surface area contributed by atoms with Crippen LogP contribution < -0.4 is 0 Å². The second kappa shape index (κ2) is 3.54. The Morgan fingerprint density at radius 2 is 2.25 bits per heavy atom. The summed E-state index contributed by atoms with van der Waals surface area (Å²) in [5.41, 5.74) is 0.784. The van der Waals surface area contributed by atoms with Crippen molar-refractivity contribution in [3.05, 3.63) is 24.0 Å². The molecule has 12 heavy (non-hydrogen) atoms. The van der Waals surface area contributed by atoms with Crippen molar-refractivity contribution in [1.29, 1.82) is 0 Å². The third-order valence-corrected chi connectivity index (χ3v) is 1.61. The van der Waals surface area contributed by atoms with Gasteiger partial charge in [0.15, 0.2) is 5.78 Å². The molecule has 0 spiro atoms. The molecule has 1 heterocycles. The second-order valence-electron chi connectivity index (χ2n) is 3.23. The van der Waals surface area contributed by atoms with E-state index in [1.807, 2.05) is 49.1 Å². The predicted molar refractivity (Wildman–Crippen MR) is 48.3 cm³/mol. The zero-order valence-electron chi connectivity index (χ0n) is 7.74. The summed E-state index contributed by atoms with van der Waals surface area (Å²) in [4.78, 5) is 13.3. The molecule has 0 saturated carbocycles. The van der Waals surface area contributed by atoms with Gasteiger partial charge in [-0.15, -0.1) is 0 Å². The lowest BCUT2D eigenvalue weighted by molar-refractivity contribution is 0.0958. The quantitative estimate of drug-likeness (QED) is 0.620. The highest BCUT2D eigenvalue weighted by Gasteiger charge is 2.06. The third kappa shape index (κ3) is 2.20. The fourth-order valence-corrected chi connectivity index (χ4v) is 1.05. The average Bonchev–Trinajstić information content (AvgIpc) is 2.34. The SMILES string of the molecule is CN(C)CC(=O)c1ccn(C)c1. The molecule has 0 amide bonds.